The summed E-state index contributed by atoms with van der Waals surface area (Å²) in [6, 6.07) is 0. The Kier molecular flexibility index (Phi) is 1.56. The summed E-state index contributed by atoms with van der Waals surface area (Å²) >= 11 is 0. The van der Waals surface area contributed by atoms with Gasteiger partial charge in [0.15, 0.2) is 0 Å². The van der Waals surface area contributed by atoms with Gasteiger partial charge in [0.25, 0.3) is 0 Å². The molecular weight excluding hydrogens is 134 g/mol. The van der Waals surface area contributed by atoms with Gasteiger partial charge in [-0.2, -0.15) is 0 Å². The van der Waals surface area contributed by atoms with Crippen LogP contribution in [0.25, 0.3) is 0 Å². The predicted molar refractivity (Wildman–Crippen MR) is 47.5 cm³/mol. The van der Waals surface area contributed by atoms with Crippen molar-refractivity contribution in [1.29, 1.82) is 0 Å². The predicted octanol–water partition coefficient (Wildman–Crippen LogP) is 2.25. The van der Waals surface area contributed by atoms with E-state index in [0.29, 0.717) is 5.92 Å². The van der Waals surface area contributed by atoms with E-state index in [4.69, 9.17) is 0 Å². The molecule has 0 saturated carbocycles. The van der Waals surface area contributed by atoms with Crippen LogP contribution in [0, 0.1) is 5.92 Å². The highest BCUT2D eigenvalue weighted by molar-refractivity contribution is 5.69. The molecule has 0 aromatic rings. The van der Waals surface area contributed by atoms with Gasteiger partial charge in [-0.1, -0.05) is 30.4 Å². The van der Waals surface area contributed by atoms with Crippen LogP contribution in [-0.4, -0.2) is 6.21 Å². The maximum atomic E-state index is 4.11. The molecule has 1 heterocycles. The van der Waals surface area contributed by atoms with Gasteiger partial charge in [-0.15, -0.1) is 0 Å². The van der Waals surface area contributed by atoms with Crippen molar-refractivity contribution in [2.45, 2.75) is 0 Å². The van der Waals surface area contributed by atoms with Crippen LogP contribution in [0.5, 0.6) is 0 Å². The van der Waals surface area contributed by atoms with E-state index in [1.807, 2.05) is 18.5 Å². The number of rotatable bonds is 0. The normalized spacial score (nSPS) is 26.2. The molecule has 54 valence electrons. The number of hydrogen-bond donors (Lipinski definition) is 0. The summed E-state index contributed by atoms with van der Waals surface area (Å²) in [6.07, 6.45) is 16.3. The number of allylic oxidation sites excluding steroid dienone is 7. The lowest BCUT2D eigenvalue weighted by atomic mass is 10.1. The lowest BCUT2D eigenvalue weighted by Crippen LogP contribution is -1.91. The monoisotopic (exact) mass is 143 g/mol. The summed E-state index contributed by atoms with van der Waals surface area (Å²) in [7, 11) is 0. The summed E-state index contributed by atoms with van der Waals surface area (Å²) in [4.78, 5) is 4.11. The third kappa shape index (κ3) is 1.37. The Morgan fingerprint density at radius 1 is 1.18 bits per heavy atom. The van der Waals surface area contributed by atoms with Crippen molar-refractivity contribution < 1.29 is 0 Å². The average molecular weight is 143 g/mol. The van der Waals surface area contributed by atoms with Crippen molar-refractivity contribution in [2.24, 2.45) is 10.9 Å². The van der Waals surface area contributed by atoms with Crippen LogP contribution in [0.15, 0.2) is 53.2 Å². The van der Waals surface area contributed by atoms with Crippen molar-refractivity contribution in [1.82, 2.24) is 0 Å². The Balaban J connectivity index is 2.41. The molecule has 2 rings (SSSR count). The molecule has 1 atom stereocenters. The van der Waals surface area contributed by atoms with Gasteiger partial charge in [0, 0.05) is 18.3 Å². The Bertz CT molecular complexity index is 264. The topological polar surface area (TPSA) is 12.4 Å². The van der Waals surface area contributed by atoms with E-state index in [9.17, 15) is 0 Å². The minimum Gasteiger partial charge on any atom is -0.268 e. The van der Waals surface area contributed by atoms with Crippen molar-refractivity contribution in [2.75, 3.05) is 0 Å². The minimum atomic E-state index is 0.370. The van der Waals surface area contributed by atoms with Crippen LogP contribution >= 0.6 is 0 Å². The first-order valence-corrected chi connectivity index (χ1v) is 3.72. The van der Waals surface area contributed by atoms with Crippen molar-refractivity contribution >= 4 is 6.21 Å². The van der Waals surface area contributed by atoms with Crippen LogP contribution in [0.2, 0.25) is 0 Å². The lowest BCUT2D eigenvalue weighted by molar-refractivity contribution is 1.17. The van der Waals surface area contributed by atoms with E-state index in [2.05, 4.69) is 35.4 Å². The smallest absolute Gasteiger partial charge is 0.0314 e. The molecule has 0 amide bonds. The minimum absolute atomic E-state index is 0.370. The molecule has 2 aliphatic rings. The second-order valence-corrected chi connectivity index (χ2v) is 2.60. The standard InChI is InChI=1S/C10H9N/c1-2-4-10-7-9(3-1)5-6-11-8-10/h1-8,10H. The van der Waals surface area contributed by atoms with Crippen LogP contribution < -0.4 is 0 Å². The summed E-state index contributed by atoms with van der Waals surface area (Å²) in [5.74, 6) is 0.370. The largest absolute Gasteiger partial charge is 0.268 e. The van der Waals surface area contributed by atoms with Gasteiger partial charge in [-0.3, -0.25) is 4.99 Å². The second kappa shape index (κ2) is 2.70. The lowest BCUT2D eigenvalue weighted by Gasteiger charge is -1.95. The number of hydrogen-bond acceptors (Lipinski definition) is 1. The fourth-order valence-electron chi connectivity index (χ4n) is 1.17. The molecule has 0 saturated heterocycles. The Morgan fingerprint density at radius 3 is 3.18 bits per heavy atom. The summed E-state index contributed by atoms with van der Waals surface area (Å²) < 4.78 is 0. The number of aliphatic imine (C=N–C) groups is 1. The van der Waals surface area contributed by atoms with E-state index >= 15 is 0 Å². The quantitative estimate of drug-likeness (QED) is 0.493. The van der Waals surface area contributed by atoms with Gasteiger partial charge >= 0.3 is 0 Å². The van der Waals surface area contributed by atoms with Gasteiger partial charge < -0.3 is 0 Å². The maximum Gasteiger partial charge on any atom is 0.0314 e. The fourth-order valence-corrected chi connectivity index (χ4v) is 1.17. The van der Waals surface area contributed by atoms with Crippen molar-refractivity contribution in [3.05, 3.63) is 48.2 Å². The second-order valence-electron chi connectivity index (χ2n) is 2.60. The van der Waals surface area contributed by atoms with Crippen LogP contribution in [0.3, 0.4) is 0 Å². The molecule has 1 nitrogen and oxygen atoms in total. The van der Waals surface area contributed by atoms with Crippen LogP contribution in [0.4, 0.5) is 0 Å². The van der Waals surface area contributed by atoms with Crippen molar-refractivity contribution in [3.63, 3.8) is 0 Å². The fraction of sp³-hybridized carbons (Fsp3) is 0.100. The molecule has 1 aliphatic carbocycles. The highest BCUT2D eigenvalue weighted by atomic mass is 14.7. The molecule has 0 radical (unpaired) electrons. The molecule has 1 aliphatic heterocycles. The first-order chi connectivity index (χ1) is 5.45. The molecule has 1 heteroatoms. The zero-order valence-electron chi connectivity index (χ0n) is 6.14. The molecule has 0 spiro atoms. The van der Waals surface area contributed by atoms with E-state index in [1.54, 1.807) is 0 Å². The Morgan fingerprint density at radius 2 is 2.18 bits per heavy atom. The van der Waals surface area contributed by atoms with Gasteiger partial charge in [0.05, 0.1) is 0 Å². The van der Waals surface area contributed by atoms with E-state index in [-0.39, 0.29) is 0 Å². The van der Waals surface area contributed by atoms with Gasteiger partial charge in [-0.25, -0.2) is 0 Å². The SMILES string of the molecule is C1=CC2=CC(C=C1)C=NC=C2. The summed E-state index contributed by atoms with van der Waals surface area (Å²) in [5, 5.41) is 0. The Labute approximate surface area is 66.1 Å². The first-order valence-electron chi connectivity index (χ1n) is 3.72. The molecule has 0 aromatic carbocycles. The summed E-state index contributed by atoms with van der Waals surface area (Å²) in [5.41, 5.74) is 1.23. The maximum absolute atomic E-state index is 4.11. The Hall–Kier alpha value is -1.37. The van der Waals surface area contributed by atoms with Crippen LogP contribution in [-0.2, 0) is 0 Å². The van der Waals surface area contributed by atoms with E-state index in [1.165, 1.54) is 5.57 Å². The van der Waals surface area contributed by atoms with Gasteiger partial charge in [0.1, 0.15) is 0 Å². The van der Waals surface area contributed by atoms with Gasteiger partial charge in [-0.05, 0) is 11.6 Å². The highest BCUT2D eigenvalue weighted by Gasteiger charge is 2.01. The third-order valence-electron chi connectivity index (χ3n) is 1.73. The molecule has 2 bridgehead atoms. The van der Waals surface area contributed by atoms with Gasteiger partial charge in [0.2, 0.25) is 0 Å². The molecule has 11 heavy (non-hydrogen) atoms. The third-order valence-corrected chi connectivity index (χ3v) is 1.73. The van der Waals surface area contributed by atoms with Crippen molar-refractivity contribution in [3.8, 4) is 0 Å². The van der Waals surface area contributed by atoms with Crippen LogP contribution in [0.1, 0.15) is 0 Å². The molecule has 0 N–H and O–H groups in total. The molecule has 1 unspecified atom stereocenters. The average Bonchev–Trinajstić information content (AvgIpc) is 2.36. The molecular formula is C10H9N. The summed E-state index contributed by atoms with van der Waals surface area (Å²) in [6.45, 7) is 0. The van der Waals surface area contributed by atoms with E-state index in [0.717, 1.165) is 0 Å². The molecule has 0 fully saturated rings. The van der Waals surface area contributed by atoms with E-state index < -0.39 is 0 Å². The zero-order chi connectivity index (χ0) is 7.52. The first kappa shape index (κ1) is 6.35. The highest BCUT2D eigenvalue weighted by Crippen LogP contribution is 2.13. The number of fused-ring (bicyclic) bond motifs is 1. The zero-order valence-corrected chi connectivity index (χ0v) is 6.14. The molecule has 0 aromatic heterocycles. The number of nitrogens with zero attached hydrogens (tertiary/aromatic N) is 1.